The number of nitrogens with zero attached hydrogens (tertiary/aromatic N) is 1. The van der Waals surface area contributed by atoms with Crippen molar-refractivity contribution in [2.75, 3.05) is 28.4 Å². The van der Waals surface area contributed by atoms with Crippen LogP contribution in [-0.4, -0.2) is 56.2 Å². The molecule has 0 saturated heterocycles. The molecule has 4 rings (SSSR count). The summed E-state index contributed by atoms with van der Waals surface area (Å²) in [5, 5.41) is 1.05. The van der Waals surface area contributed by atoms with Gasteiger partial charge in [-0.25, -0.2) is 4.79 Å². The number of hydrogen-bond donors (Lipinski definition) is 1. The van der Waals surface area contributed by atoms with Gasteiger partial charge in [-0.2, -0.15) is 0 Å². The molecule has 1 atom stereocenters. The highest BCUT2D eigenvalue weighted by atomic mass is 16.5. The average molecular weight is 424 g/mol. The summed E-state index contributed by atoms with van der Waals surface area (Å²) in [6.07, 6.45) is 0.363. The first-order valence-electron chi connectivity index (χ1n) is 9.79. The standard InChI is InChI=1S/C23H24N2O6/c1-28-19-9-13(10-20(29-2)21(19)30-3)22(26)25-12-17-15(11-18(25)23(27)31-4)14-7-5-6-8-16(14)24-17/h5-10,18,24H,11-12H2,1-4H3. The zero-order valence-electron chi connectivity index (χ0n) is 17.9. The van der Waals surface area contributed by atoms with Crippen LogP contribution in [0.4, 0.5) is 0 Å². The van der Waals surface area contributed by atoms with Crippen LogP contribution in [0.5, 0.6) is 17.2 Å². The minimum Gasteiger partial charge on any atom is -0.493 e. The normalized spacial score (nSPS) is 15.4. The molecule has 0 aliphatic carbocycles. The number of H-pyrrole nitrogens is 1. The fraction of sp³-hybridized carbons (Fsp3) is 0.304. The quantitative estimate of drug-likeness (QED) is 0.634. The number of aromatic amines is 1. The van der Waals surface area contributed by atoms with Crippen LogP contribution in [0.25, 0.3) is 10.9 Å². The molecule has 0 fully saturated rings. The number of benzene rings is 2. The van der Waals surface area contributed by atoms with E-state index in [9.17, 15) is 9.59 Å². The summed E-state index contributed by atoms with van der Waals surface area (Å²) in [5.41, 5.74) is 3.23. The third kappa shape index (κ3) is 3.43. The van der Waals surface area contributed by atoms with Crippen LogP contribution in [0.15, 0.2) is 36.4 Å². The van der Waals surface area contributed by atoms with Crippen LogP contribution in [0, 0.1) is 0 Å². The topological polar surface area (TPSA) is 90.1 Å². The Morgan fingerprint density at radius 1 is 1.00 bits per heavy atom. The highest BCUT2D eigenvalue weighted by Crippen LogP contribution is 2.39. The molecule has 0 saturated carbocycles. The van der Waals surface area contributed by atoms with E-state index in [1.165, 1.54) is 33.3 Å². The van der Waals surface area contributed by atoms with Crippen molar-refractivity contribution in [2.24, 2.45) is 0 Å². The van der Waals surface area contributed by atoms with Gasteiger partial charge in [-0.1, -0.05) is 18.2 Å². The number of para-hydroxylation sites is 1. The maximum absolute atomic E-state index is 13.5. The number of fused-ring (bicyclic) bond motifs is 3. The van der Waals surface area contributed by atoms with Gasteiger partial charge < -0.3 is 28.8 Å². The number of ether oxygens (including phenoxy) is 4. The Kier molecular flexibility index (Phi) is 5.46. The fourth-order valence-corrected chi connectivity index (χ4v) is 4.14. The van der Waals surface area contributed by atoms with Gasteiger partial charge in [-0.05, 0) is 23.8 Å². The third-order valence-corrected chi connectivity index (χ3v) is 5.65. The summed E-state index contributed by atoms with van der Waals surface area (Å²) in [5.74, 6) is 0.324. The number of nitrogens with one attached hydrogen (secondary N) is 1. The number of methoxy groups -OCH3 is 4. The van der Waals surface area contributed by atoms with Crippen LogP contribution in [0.2, 0.25) is 0 Å². The van der Waals surface area contributed by atoms with E-state index >= 15 is 0 Å². The second-order valence-corrected chi connectivity index (χ2v) is 7.22. The molecule has 1 unspecified atom stereocenters. The number of amides is 1. The van der Waals surface area contributed by atoms with Crippen molar-refractivity contribution in [3.8, 4) is 17.2 Å². The molecule has 2 aromatic carbocycles. The van der Waals surface area contributed by atoms with Gasteiger partial charge in [-0.3, -0.25) is 4.79 Å². The van der Waals surface area contributed by atoms with Crippen LogP contribution in [0.3, 0.4) is 0 Å². The number of esters is 1. The average Bonchev–Trinajstić information content (AvgIpc) is 3.18. The Labute approximate surface area is 179 Å². The number of rotatable bonds is 5. The van der Waals surface area contributed by atoms with Gasteiger partial charge in [0.05, 0.1) is 35.0 Å². The van der Waals surface area contributed by atoms with Crippen LogP contribution in [-0.2, 0) is 22.5 Å². The minimum absolute atomic E-state index is 0.249. The molecule has 8 heteroatoms. The molecular formula is C23H24N2O6. The smallest absolute Gasteiger partial charge is 0.328 e. The van der Waals surface area contributed by atoms with Gasteiger partial charge in [-0.15, -0.1) is 0 Å². The maximum Gasteiger partial charge on any atom is 0.328 e. The third-order valence-electron chi connectivity index (χ3n) is 5.65. The second kappa shape index (κ2) is 8.22. The summed E-state index contributed by atoms with van der Waals surface area (Å²) < 4.78 is 21.1. The zero-order valence-corrected chi connectivity index (χ0v) is 17.9. The lowest BCUT2D eigenvalue weighted by Crippen LogP contribution is -2.49. The number of carbonyl (C=O) groups excluding carboxylic acids is 2. The minimum atomic E-state index is -0.747. The summed E-state index contributed by atoms with van der Waals surface area (Å²) in [4.78, 5) is 31.1. The van der Waals surface area contributed by atoms with Crippen molar-refractivity contribution in [3.63, 3.8) is 0 Å². The lowest BCUT2D eigenvalue weighted by molar-refractivity contribution is -0.146. The van der Waals surface area contributed by atoms with Gasteiger partial charge in [0, 0.05) is 28.6 Å². The lowest BCUT2D eigenvalue weighted by atomic mass is 9.95. The van der Waals surface area contributed by atoms with E-state index in [1.807, 2.05) is 24.3 Å². The van der Waals surface area contributed by atoms with E-state index in [2.05, 4.69) is 4.98 Å². The molecule has 2 heterocycles. The predicted octanol–water partition coefficient (Wildman–Crippen LogP) is 2.93. The second-order valence-electron chi connectivity index (χ2n) is 7.22. The van der Waals surface area contributed by atoms with Crippen molar-refractivity contribution in [3.05, 3.63) is 53.2 Å². The van der Waals surface area contributed by atoms with E-state index in [4.69, 9.17) is 18.9 Å². The van der Waals surface area contributed by atoms with Crippen molar-refractivity contribution in [1.29, 1.82) is 0 Å². The highest BCUT2D eigenvalue weighted by Gasteiger charge is 2.38. The maximum atomic E-state index is 13.5. The fourth-order valence-electron chi connectivity index (χ4n) is 4.14. The van der Waals surface area contributed by atoms with Crippen LogP contribution < -0.4 is 14.2 Å². The Morgan fingerprint density at radius 2 is 1.68 bits per heavy atom. The monoisotopic (exact) mass is 424 g/mol. The number of hydrogen-bond acceptors (Lipinski definition) is 6. The Balaban J connectivity index is 1.78. The molecule has 0 bridgehead atoms. The molecule has 31 heavy (non-hydrogen) atoms. The summed E-state index contributed by atoms with van der Waals surface area (Å²) in [6.45, 7) is 0.249. The number of carbonyl (C=O) groups is 2. The molecule has 1 aromatic heterocycles. The van der Waals surface area contributed by atoms with Crippen molar-refractivity contribution >= 4 is 22.8 Å². The first kappa shape index (κ1) is 20.6. The summed E-state index contributed by atoms with van der Waals surface area (Å²) in [7, 11) is 5.80. The molecule has 1 aliphatic rings. The van der Waals surface area contributed by atoms with Crippen LogP contribution >= 0.6 is 0 Å². The largest absolute Gasteiger partial charge is 0.493 e. The molecule has 1 amide bonds. The Morgan fingerprint density at radius 3 is 2.29 bits per heavy atom. The predicted molar refractivity (Wildman–Crippen MR) is 114 cm³/mol. The SMILES string of the molecule is COC(=O)C1Cc2c([nH]c3ccccc23)CN1C(=O)c1cc(OC)c(OC)c(OC)c1. The molecule has 1 N–H and O–H groups in total. The first-order chi connectivity index (χ1) is 15.0. The molecule has 8 nitrogen and oxygen atoms in total. The van der Waals surface area contributed by atoms with Gasteiger partial charge in [0.25, 0.3) is 5.91 Å². The van der Waals surface area contributed by atoms with E-state index in [0.717, 1.165) is 22.2 Å². The molecule has 0 radical (unpaired) electrons. The van der Waals surface area contributed by atoms with Crippen molar-refractivity contribution in [2.45, 2.75) is 19.0 Å². The molecular weight excluding hydrogens is 400 g/mol. The summed E-state index contributed by atoms with van der Waals surface area (Å²) in [6, 6.07) is 10.3. The highest BCUT2D eigenvalue weighted by molar-refractivity contribution is 5.99. The molecule has 1 aliphatic heterocycles. The van der Waals surface area contributed by atoms with Crippen LogP contribution in [0.1, 0.15) is 21.6 Å². The van der Waals surface area contributed by atoms with Gasteiger partial charge in [0.1, 0.15) is 6.04 Å². The first-order valence-corrected chi connectivity index (χ1v) is 9.79. The lowest BCUT2D eigenvalue weighted by Gasteiger charge is -2.34. The van der Waals surface area contributed by atoms with E-state index in [-0.39, 0.29) is 12.5 Å². The van der Waals surface area contributed by atoms with E-state index in [0.29, 0.717) is 29.2 Å². The number of aromatic nitrogens is 1. The Bertz CT molecular complexity index is 1130. The van der Waals surface area contributed by atoms with Crippen molar-refractivity contribution < 1.29 is 28.5 Å². The zero-order chi connectivity index (χ0) is 22.1. The van der Waals surface area contributed by atoms with Gasteiger partial charge >= 0.3 is 5.97 Å². The summed E-state index contributed by atoms with van der Waals surface area (Å²) >= 11 is 0. The van der Waals surface area contributed by atoms with Gasteiger partial charge in [0.15, 0.2) is 11.5 Å². The molecule has 0 spiro atoms. The van der Waals surface area contributed by atoms with Gasteiger partial charge in [0.2, 0.25) is 5.75 Å². The molecule has 162 valence electrons. The Hall–Kier alpha value is -3.68. The van der Waals surface area contributed by atoms with Crippen molar-refractivity contribution in [1.82, 2.24) is 9.88 Å². The van der Waals surface area contributed by atoms with E-state index < -0.39 is 12.0 Å². The van der Waals surface area contributed by atoms with E-state index in [1.54, 1.807) is 12.1 Å². The molecule has 3 aromatic rings.